The van der Waals surface area contributed by atoms with Crippen LogP contribution in [0.2, 0.25) is 0 Å². The summed E-state index contributed by atoms with van der Waals surface area (Å²) in [6, 6.07) is 0. The van der Waals surface area contributed by atoms with Crippen LogP contribution >= 0.6 is 11.3 Å². The Labute approximate surface area is 76.6 Å². The lowest BCUT2D eigenvalue weighted by atomic mass is 9.99. The van der Waals surface area contributed by atoms with Gasteiger partial charge in [0.2, 0.25) is 0 Å². The molecule has 1 saturated heterocycles. The average molecular weight is 183 g/mol. The number of ether oxygens (including phenoxy) is 1. The molecule has 0 amide bonds. The lowest BCUT2D eigenvalue weighted by Gasteiger charge is -2.20. The summed E-state index contributed by atoms with van der Waals surface area (Å²) in [4.78, 5) is 4.27. The molecule has 66 valence electrons. The van der Waals surface area contributed by atoms with Gasteiger partial charge in [-0.25, -0.2) is 4.98 Å². The molecular formula is C9H13NOS. The molecule has 0 aromatic carbocycles. The predicted molar refractivity (Wildman–Crippen MR) is 49.4 cm³/mol. The van der Waals surface area contributed by atoms with E-state index >= 15 is 0 Å². The van der Waals surface area contributed by atoms with Crippen LogP contribution in [0.15, 0.2) is 11.6 Å². The van der Waals surface area contributed by atoms with Gasteiger partial charge in [-0.3, -0.25) is 0 Å². The van der Waals surface area contributed by atoms with Gasteiger partial charge in [0.1, 0.15) is 0 Å². The summed E-state index contributed by atoms with van der Waals surface area (Å²) >= 11 is 1.75. The molecule has 0 radical (unpaired) electrons. The average Bonchev–Trinajstić information content (AvgIpc) is 2.59. The first-order chi connectivity index (χ1) is 5.95. The Morgan fingerprint density at radius 1 is 1.67 bits per heavy atom. The second kappa shape index (κ2) is 4.01. The zero-order valence-corrected chi connectivity index (χ0v) is 7.85. The van der Waals surface area contributed by atoms with E-state index in [1.54, 1.807) is 11.3 Å². The largest absolute Gasteiger partial charge is 0.381 e. The molecule has 1 aliphatic rings. The Morgan fingerprint density at radius 2 is 2.67 bits per heavy atom. The Morgan fingerprint density at radius 3 is 3.33 bits per heavy atom. The quantitative estimate of drug-likeness (QED) is 0.700. The van der Waals surface area contributed by atoms with Gasteiger partial charge in [-0.15, -0.1) is 11.3 Å². The minimum atomic E-state index is 0.713. The van der Waals surface area contributed by atoms with E-state index < -0.39 is 0 Å². The van der Waals surface area contributed by atoms with E-state index in [0.717, 1.165) is 19.6 Å². The van der Waals surface area contributed by atoms with Crippen LogP contribution in [0.25, 0.3) is 0 Å². The number of hydrogen-bond acceptors (Lipinski definition) is 3. The molecule has 1 fully saturated rings. The molecule has 1 aliphatic heterocycles. The normalized spacial score (nSPS) is 24.2. The van der Waals surface area contributed by atoms with Crippen LogP contribution < -0.4 is 0 Å². The van der Waals surface area contributed by atoms with Crippen molar-refractivity contribution in [2.75, 3.05) is 13.2 Å². The number of hydrogen-bond donors (Lipinski definition) is 0. The smallest absolute Gasteiger partial charge is 0.0928 e. The van der Waals surface area contributed by atoms with Crippen LogP contribution in [0, 0.1) is 5.92 Å². The van der Waals surface area contributed by atoms with Gasteiger partial charge in [-0.2, -0.15) is 0 Å². The van der Waals surface area contributed by atoms with Crippen molar-refractivity contribution >= 4 is 11.3 Å². The van der Waals surface area contributed by atoms with Gasteiger partial charge in [0.25, 0.3) is 0 Å². The molecule has 0 spiro atoms. The molecule has 1 aromatic rings. The number of aromatic nitrogens is 1. The van der Waals surface area contributed by atoms with Crippen molar-refractivity contribution in [2.24, 2.45) is 5.92 Å². The Hall–Kier alpha value is -0.410. The van der Waals surface area contributed by atoms with Gasteiger partial charge in [-0.05, 0) is 18.8 Å². The highest BCUT2D eigenvalue weighted by Crippen LogP contribution is 2.19. The van der Waals surface area contributed by atoms with E-state index in [-0.39, 0.29) is 0 Å². The molecule has 1 aromatic heterocycles. The summed E-state index contributed by atoms with van der Waals surface area (Å²) in [7, 11) is 0. The summed E-state index contributed by atoms with van der Waals surface area (Å²) in [5.74, 6) is 0.713. The molecule has 0 unspecified atom stereocenters. The van der Waals surface area contributed by atoms with Crippen molar-refractivity contribution in [1.29, 1.82) is 0 Å². The van der Waals surface area contributed by atoms with Crippen molar-refractivity contribution in [3.63, 3.8) is 0 Å². The maximum absolute atomic E-state index is 5.41. The van der Waals surface area contributed by atoms with E-state index in [9.17, 15) is 0 Å². The van der Waals surface area contributed by atoms with Gasteiger partial charge in [0, 0.05) is 31.2 Å². The maximum atomic E-state index is 5.41. The fraction of sp³-hybridized carbons (Fsp3) is 0.667. The summed E-state index contributed by atoms with van der Waals surface area (Å²) in [5.41, 5.74) is 0. The van der Waals surface area contributed by atoms with Crippen molar-refractivity contribution in [3.05, 3.63) is 16.6 Å². The van der Waals surface area contributed by atoms with Gasteiger partial charge in [-0.1, -0.05) is 0 Å². The molecule has 3 heteroatoms. The van der Waals surface area contributed by atoms with Crippen molar-refractivity contribution < 1.29 is 4.74 Å². The molecule has 2 heterocycles. The fourth-order valence-corrected chi connectivity index (χ4v) is 2.30. The monoisotopic (exact) mass is 183 g/mol. The summed E-state index contributed by atoms with van der Waals surface area (Å²) in [5, 5.41) is 3.30. The van der Waals surface area contributed by atoms with Crippen LogP contribution in [0.5, 0.6) is 0 Å². The lowest BCUT2D eigenvalue weighted by Crippen LogP contribution is -2.19. The highest BCUT2D eigenvalue weighted by atomic mass is 32.1. The van der Waals surface area contributed by atoms with Gasteiger partial charge < -0.3 is 4.74 Å². The highest BCUT2D eigenvalue weighted by molar-refractivity contribution is 7.09. The molecule has 0 N–H and O–H groups in total. The van der Waals surface area contributed by atoms with Crippen LogP contribution in [0.3, 0.4) is 0 Å². The second-order valence-electron chi connectivity index (χ2n) is 3.21. The lowest BCUT2D eigenvalue weighted by molar-refractivity contribution is 0.0550. The third kappa shape index (κ3) is 2.05. The van der Waals surface area contributed by atoms with Gasteiger partial charge in [0.05, 0.1) is 5.01 Å². The topological polar surface area (TPSA) is 22.1 Å². The number of rotatable bonds is 2. The minimum absolute atomic E-state index is 0.713. The number of nitrogens with zero attached hydrogens (tertiary/aromatic N) is 1. The third-order valence-corrected chi connectivity index (χ3v) is 3.00. The first-order valence-electron chi connectivity index (χ1n) is 4.41. The Kier molecular flexibility index (Phi) is 2.74. The van der Waals surface area contributed by atoms with E-state index in [1.807, 2.05) is 11.6 Å². The molecule has 0 aliphatic carbocycles. The molecule has 12 heavy (non-hydrogen) atoms. The first kappa shape index (κ1) is 8.20. The van der Waals surface area contributed by atoms with Crippen LogP contribution in [-0.2, 0) is 11.2 Å². The molecular weight excluding hydrogens is 170 g/mol. The van der Waals surface area contributed by atoms with E-state index in [1.165, 1.54) is 17.8 Å². The Bertz CT molecular complexity index is 216. The third-order valence-electron chi connectivity index (χ3n) is 2.20. The first-order valence-corrected chi connectivity index (χ1v) is 5.29. The van der Waals surface area contributed by atoms with Gasteiger partial charge >= 0.3 is 0 Å². The standard InChI is InChI=1S/C9H13NOS/c1-2-8(7-11-4-1)6-9-10-3-5-12-9/h3,5,8H,1-2,4,6-7H2/t8-/m0/s1. The molecule has 2 nitrogen and oxygen atoms in total. The van der Waals surface area contributed by atoms with Crippen molar-refractivity contribution in [1.82, 2.24) is 4.98 Å². The van der Waals surface area contributed by atoms with Crippen LogP contribution in [0.1, 0.15) is 17.8 Å². The van der Waals surface area contributed by atoms with Crippen molar-refractivity contribution in [2.45, 2.75) is 19.3 Å². The van der Waals surface area contributed by atoms with Crippen molar-refractivity contribution in [3.8, 4) is 0 Å². The maximum Gasteiger partial charge on any atom is 0.0928 e. The second-order valence-corrected chi connectivity index (χ2v) is 4.19. The Balaban J connectivity index is 1.86. The van der Waals surface area contributed by atoms with E-state index in [2.05, 4.69) is 4.98 Å². The van der Waals surface area contributed by atoms with E-state index in [0.29, 0.717) is 5.92 Å². The predicted octanol–water partition coefficient (Wildman–Crippen LogP) is 2.11. The minimum Gasteiger partial charge on any atom is -0.381 e. The zero-order valence-electron chi connectivity index (χ0n) is 7.03. The number of thiazole rings is 1. The molecule has 0 saturated carbocycles. The SMILES string of the molecule is c1csc(C[C@@H]2CCCOC2)n1. The van der Waals surface area contributed by atoms with Crippen LogP contribution in [0.4, 0.5) is 0 Å². The van der Waals surface area contributed by atoms with Gasteiger partial charge in [0.15, 0.2) is 0 Å². The zero-order chi connectivity index (χ0) is 8.23. The molecule has 0 bridgehead atoms. The highest BCUT2D eigenvalue weighted by Gasteiger charge is 2.14. The van der Waals surface area contributed by atoms with Crippen LogP contribution in [-0.4, -0.2) is 18.2 Å². The van der Waals surface area contributed by atoms with E-state index in [4.69, 9.17) is 4.74 Å². The molecule has 2 rings (SSSR count). The fourth-order valence-electron chi connectivity index (χ4n) is 1.57. The molecule has 1 atom stereocenters. The summed E-state index contributed by atoms with van der Waals surface area (Å²) < 4.78 is 5.41. The summed E-state index contributed by atoms with van der Waals surface area (Å²) in [6.07, 6.45) is 5.51. The summed E-state index contributed by atoms with van der Waals surface area (Å²) in [6.45, 7) is 1.88.